The van der Waals surface area contributed by atoms with Crippen molar-refractivity contribution in [3.8, 4) is 6.07 Å². The number of aryl methyl sites for hydroxylation is 1. The summed E-state index contributed by atoms with van der Waals surface area (Å²) in [5.74, 6) is -0.689. The lowest BCUT2D eigenvalue weighted by molar-refractivity contribution is -0.121. The quantitative estimate of drug-likeness (QED) is 0.688. The van der Waals surface area contributed by atoms with Crippen molar-refractivity contribution in [2.75, 3.05) is 0 Å². The van der Waals surface area contributed by atoms with Crippen LogP contribution in [0.1, 0.15) is 29.2 Å². The van der Waals surface area contributed by atoms with Crippen LogP contribution < -0.4 is 5.73 Å². The number of nitrogens with two attached hydrogens (primary N) is 1. The Hall–Kier alpha value is -1.90. The zero-order chi connectivity index (χ0) is 13.0. The largest absolute Gasteiger partial charge is 0.390 e. The minimum absolute atomic E-state index is 0.322. The molecular formula is C12H14N2O3. The molecule has 0 aromatic heterocycles. The van der Waals surface area contributed by atoms with E-state index in [2.05, 4.69) is 0 Å². The predicted octanol–water partition coefficient (Wildman–Crippen LogP) is 0.136. The maximum Gasteiger partial charge on any atom is 0.220 e. The van der Waals surface area contributed by atoms with Gasteiger partial charge in [0.15, 0.2) is 0 Å². The van der Waals surface area contributed by atoms with Crippen LogP contribution in [0.5, 0.6) is 0 Å². The lowest BCUT2D eigenvalue weighted by Gasteiger charge is -2.18. The summed E-state index contributed by atoms with van der Waals surface area (Å²) in [4.78, 5) is 10.7. The SMILES string of the molecule is Cc1ccc(C#N)cc1C(O)C(O)CC(N)=O. The van der Waals surface area contributed by atoms with Gasteiger partial charge in [-0.3, -0.25) is 4.79 Å². The van der Waals surface area contributed by atoms with E-state index in [-0.39, 0.29) is 6.42 Å². The van der Waals surface area contributed by atoms with Gasteiger partial charge in [0, 0.05) is 0 Å². The molecule has 1 amide bonds. The van der Waals surface area contributed by atoms with E-state index in [1.165, 1.54) is 6.07 Å². The highest BCUT2D eigenvalue weighted by atomic mass is 16.3. The highest BCUT2D eigenvalue weighted by molar-refractivity contribution is 5.74. The van der Waals surface area contributed by atoms with E-state index in [1.807, 2.05) is 6.07 Å². The summed E-state index contributed by atoms with van der Waals surface area (Å²) in [5, 5.41) is 28.2. The number of carbonyl (C=O) groups is 1. The number of aliphatic hydroxyl groups is 2. The van der Waals surface area contributed by atoms with Gasteiger partial charge in [0.05, 0.1) is 24.2 Å². The molecule has 0 aliphatic heterocycles. The van der Waals surface area contributed by atoms with Crippen molar-refractivity contribution in [3.05, 3.63) is 34.9 Å². The molecule has 0 heterocycles. The van der Waals surface area contributed by atoms with Crippen molar-refractivity contribution in [1.29, 1.82) is 5.26 Å². The molecule has 0 saturated carbocycles. The molecule has 0 aliphatic carbocycles. The van der Waals surface area contributed by atoms with Gasteiger partial charge in [0.25, 0.3) is 0 Å². The fourth-order valence-corrected chi connectivity index (χ4v) is 1.55. The molecule has 0 bridgehead atoms. The number of primary amides is 1. The van der Waals surface area contributed by atoms with Gasteiger partial charge < -0.3 is 15.9 Å². The number of rotatable bonds is 4. The fraction of sp³-hybridized carbons (Fsp3) is 0.333. The second kappa shape index (κ2) is 5.43. The second-order valence-corrected chi connectivity index (χ2v) is 3.87. The molecule has 0 aliphatic rings. The van der Waals surface area contributed by atoms with Gasteiger partial charge in [-0.2, -0.15) is 5.26 Å². The van der Waals surface area contributed by atoms with Gasteiger partial charge in [-0.1, -0.05) is 6.07 Å². The first-order chi connectivity index (χ1) is 7.95. The first-order valence-corrected chi connectivity index (χ1v) is 5.10. The molecule has 5 heteroatoms. The Kier molecular flexibility index (Phi) is 4.21. The third-order valence-electron chi connectivity index (χ3n) is 2.50. The van der Waals surface area contributed by atoms with E-state index < -0.39 is 18.1 Å². The zero-order valence-corrected chi connectivity index (χ0v) is 9.42. The summed E-state index contributed by atoms with van der Waals surface area (Å²) in [6.07, 6.45) is -2.81. The van der Waals surface area contributed by atoms with Gasteiger partial charge >= 0.3 is 0 Å². The predicted molar refractivity (Wildman–Crippen MR) is 60.7 cm³/mol. The van der Waals surface area contributed by atoms with Crippen LogP contribution in [0.25, 0.3) is 0 Å². The Labute approximate surface area is 99.1 Å². The molecule has 1 rings (SSSR count). The topological polar surface area (TPSA) is 107 Å². The molecule has 1 aromatic rings. The molecule has 0 fully saturated rings. The van der Waals surface area contributed by atoms with Crippen LogP contribution in [-0.2, 0) is 4.79 Å². The van der Waals surface area contributed by atoms with Gasteiger partial charge in [0.2, 0.25) is 5.91 Å². The van der Waals surface area contributed by atoms with Crippen molar-refractivity contribution in [1.82, 2.24) is 0 Å². The summed E-state index contributed by atoms with van der Waals surface area (Å²) >= 11 is 0. The number of nitriles is 1. The highest BCUT2D eigenvalue weighted by Crippen LogP contribution is 2.23. The van der Waals surface area contributed by atoms with Crippen molar-refractivity contribution in [2.24, 2.45) is 5.73 Å². The number of hydrogen-bond acceptors (Lipinski definition) is 4. The van der Waals surface area contributed by atoms with E-state index in [9.17, 15) is 15.0 Å². The number of nitrogens with zero attached hydrogens (tertiary/aromatic N) is 1. The van der Waals surface area contributed by atoms with Gasteiger partial charge in [-0.05, 0) is 30.2 Å². The van der Waals surface area contributed by atoms with Gasteiger partial charge in [0.1, 0.15) is 6.10 Å². The molecule has 1 aromatic carbocycles. The second-order valence-electron chi connectivity index (χ2n) is 3.87. The normalized spacial score (nSPS) is 13.8. The fourth-order valence-electron chi connectivity index (χ4n) is 1.55. The van der Waals surface area contributed by atoms with Crippen LogP contribution in [0.2, 0.25) is 0 Å². The number of aliphatic hydroxyl groups excluding tert-OH is 2. The van der Waals surface area contributed by atoms with Crippen LogP contribution in [0.15, 0.2) is 18.2 Å². The summed E-state index contributed by atoms with van der Waals surface area (Å²) in [7, 11) is 0. The molecular weight excluding hydrogens is 220 g/mol. The lowest BCUT2D eigenvalue weighted by atomic mass is 9.96. The van der Waals surface area contributed by atoms with E-state index in [1.54, 1.807) is 19.1 Å². The Morgan fingerprint density at radius 1 is 1.53 bits per heavy atom. The highest BCUT2D eigenvalue weighted by Gasteiger charge is 2.22. The smallest absolute Gasteiger partial charge is 0.220 e. The maximum atomic E-state index is 10.7. The first kappa shape index (κ1) is 13.2. The first-order valence-electron chi connectivity index (χ1n) is 5.10. The third-order valence-corrected chi connectivity index (χ3v) is 2.50. The summed E-state index contributed by atoms with van der Waals surface area (Å²) in [6.45, 7) is 1.75. The number of carbonyl (C=O) groups excluding carboxylic acids is 1. The Bertz CT molecular complexity index is 465. The molecule has 0 saturated heterocycles. The van der Waals surface area contributed by atoms with Gasteiger partial charge in [-0.15, -0.1) is 0 Å². The van der Waals surface area contributed by atoms with Crippen LogP contribution in [-0.4, -0.2) is 22.2 Å². The minimum atomic E-state index is -1.26. The van der Waals surface area contributed by atoms with Crippen molar-refractivity contribution >= 4 is 5.91 Å². The van der Waals surface area contributed by atoms with E-state index >= 15 is 0 Å². The van der Waals surface area contributed by atoms with Crippen molar-refractivity contribution in [2.45, 2.75) is 25.6 Å². The van der Waals surface area contributed by atoms with Crippen LogP contribution in [0.4, 0.5) is 0 Å². The molecule has 0 radical (unpaired) electrons. The maximum absolute atomic E-state index is 10.7. The number of benzene rings is 1. The van der Waals surface area contributed by atoms with E-state index in [0.717, 1.165) is 5.56 Å². The van der Waals surface area contributed by atoms with Gasteiger partial charge in [-0.25, -0.2) is 0 Å². The molecule has 2 atom stereocenters. The van der Waals surface area contributed by atoms with Crippen molar-refractivity contribution < 1.29 is 15.0 Å². The summed E-state index contributed by atoms with van der Waals surface area (Å²) in [5.41, 5.74) is 6.49. The van der Waals surface area contributed by atoms with E-state index in [4.69, 9.17) is 11.0 Å². The van der Waals surface area contributed by atoms with Crippen LogP contribution in [0.3, 0.4) is 0 Å². The lowest BCUT2D eigenvalue weighted by Crippen LogP contribution is -2.26. The average Bonchev–Trinajstić information content (AvgIpc) is 2.28. The molecule has 2 unspecified atom stereocenters. The van der Waals surface area contributed by atoms with Crippen molar-refractivity contribution in [3.63, 3.8) is 0 Å². The van der Waals surface area contributed by atoms with Crippen LogP contribution >= 0.6 is 0 Å². The minimum Gasteiger partial charge on any atom is -0.390 e. The summed E-state index contributed by atoms with van der Waals surface area (Å²) < 4.78 is 0. The zero-order valence-electron chi connectivity index (χ0n) is 9.42. The summed E-state index contributed by atoms with van der Waals surface area (Å²) in [6, 6.07) is 6.73. The number of hydrogen-bond donors (Lipinski definition) is 3. The Balaban J connectivity index is 2.99. The monoisotopic (exact) mass is 234 g/mol. The van der Waals surface area contributed by atoms with Crippen LogP contribution in [0, 0.1) is 18.3 Å². The Morgan fingerprint density at radius 2 is 2.18 bits per heavy atom. The average molecular weight is 234 g/mol. The molecule has 4 N–H and O–H groups in total. The molecule has 90 valence electrons. The number of amides is 1. The standard InChI is InChI=1S/C12H14N2O3/c1-7-2-3-8(6-13)4-9(7)12(17)10(15)5-11(14)16/h2-4,10,12,15,17H,5H2,1H3,(H2,14,16). The third kappa shape index (κ3) is 3.28. The molecule has 5 nitrogen and oxygen atoms in total. The Morgan fingerprint density at radius 3 is 2.71 bits per heavy atom. The molecule has 17 heavy (non-hydrogen) atoms. The van der Waals surface area contributed by atoms with E-state index in [0.29, 0.717) is 11.1 Å². The molecule has 0 spiro atoms.